The van der Waals surface area contributed by atoms with E-state index in [-0.39, 0.29) is 5.75 Å². The van der Waals surface area contributed by atoms with Crippen LogP contribution in [0.1, 0.15) is 13.8 Å². The SMILES string of the molecule is CC(C)Cn1nc(N)c2ccc(-c3ccccc3OC(F)(F)F)cc21. The predicted octanol–water partition coefficient (Wildman–Crippen LogP) is 4.84. The number of nitrogens with zero attached hydrogens (tertiary/aromatic N) is 2. The van der Waals surface area contributed by atoms with Crippen molar-refractivity contribution in [3.8, 4) is 16.9 Å². The summed E-state index contributed by atoms with van der Waals surface area (Å²) in [5.41, 5.74) is 7.70. The second kappa shape index (κ2) is 6.31. The third-order valence-corrected chi connectivity index (χ3v) is 3.74. The number of alkyl halides is 3. The molecule has 0 bridgehead atoms. The van der Waals surface area contributed by atoms with Crippen LogP contribution < -0.4 is 10.5 Å². The molecular weight excluding hydrogens is 331 g/mol. The second-order valence-electron chi connectivity index (χ2n) is 6.24. The molecule has 0 aliphatic heterocycles. The third-order valence-electron chi connectivity index (χ3n) is 3.74. The van der Waals surface area contributed by atoms with Gasteiger partial charge in [0.15, 0.2) is 5.82 Å². The largest absolute Gasteiger partial charge is 0.573 e. The molecule has 7 heteroatoms. The van der Waals surface area contributed by atoms with Gasteiger partial charge in [0.2, 0.25) is 0 Å². The first-order valence-electron chi connectivity index (χ1n) is 7.86. The van der Waals surface area contributed by atoms with Crippen LogP contribution in [0.4, 0.5) is 19.0 Å². The number of halogens is 3. The molecule has 1 aromatic heterocycles. The number of benzene rings is 2. The van der Waals surface area contributed by atoms with Gasteiger partial charge in [0.05, 0.1) is 5.52 Å². The van der Waals surface area contributed by atoms with Crippen molar-refractivity contribution in [3.05, 3.63) is 42.5 Å². The molecule has 0 fully saturated rings. The average Bonchev–Trinajstić information content (AvgIpc) is 2.81. The highest BCUT2D eigenvalue weighted by Gasteiger charge is 2.32. The molecule has 0 atom stereocenters. The lowest BCUT2D eigenvalue weighted by atomic mass is 10.0. The summed E-state index contributed by atoms with van der Waals surface area (Å²) in [6, 6.07) is 11.3. The molecule has 132 valence electrons. The minimum Gasteiger partial charge on any atom is -0.405 e. The normalized spacial score (nSPS) is 12.1. The van der Waals surface area contributed by atoms with Crippen molar-refractivity contribution in [1.29, 1.82) is 0 Å². The van der Waals surface area contributed by atoms with Crippen molar-refractivity contribution >= 4 is 16.7 Å². The smallest absolute Gasteiger partial charge is 0.405 e. The highest BCUT2D eigenvalue weighted by molar-refractivity contribution is 5.92. The Kier molecular flexibility index (Phi) is 4.32. The number of aromatic nitrogens is 2. The van der Waals surface area contributed by atoms with Crippen LogP contribution >= 0.6 is 0 Å². The maximum absolute atomic E-state index is 12.6. The molecule has 0 radical (unpaired) electrons. The molecule has 0 spiro atoms. The summed E-state index contributed by atoms with van der Waals surface area (Å²) in [4.78, 5) is 0. The quantitative estimate of drug-likeness (QED) is 0.733. The van der Waals surface area contributed by atoms with Gasteiger partial charge in [-0.3, -0.25) is 4.68 Å². The molecule has 3 rings (SSSR count). The number of nitrogen functional groups attached to an aromatic ring is 1. The molecule has 2 N–H and O–H groups in total. The Labute approximate surface area is 143 Å². The van der Waals surface area contributed by atoms with E-state index in [0.29, 0.717) is 29.4 Å². The van der Waals surface area contributed by atoms with Crippen LogP contribution in [0.5, 0.6) is 5.75 Å². The molecule has 4 nitrogen and oxygen atoms in total. The average molecular weight is 349 g/mol. The fourth-order valence-electron chi connectivity index (χ4n) is 2.77. The van der Waals surface area contributed by atoms with Gasteiger partial charge in [-0.2, -0.15) is 5.10 Å². The molecule has 0 aliphatic rings. The van der Waals surface area contributed by atoms with Crippen LogP contribution in [-0.2, 0) is 6.54 Å². The number of ether oxygens (including phenoxy) is 1. The van der Waals surface area contributed by atoms with Gasteiger partial charge in [-0.05, 0) is 29.7 Å². The molecule has 0 aliphatic carbocycles. The molecule has 3 aromatic rings. The van der Waals surface area contributed by atoms with E-state index in [4.69, 9.17) is 5.73 Å². The maximum atomic E-state index is 12.6. The van der Waals surface area contributed by atoms with E-state index < -0.39 is 6.36 Å². The molecule has 0 saturated heterocycles. The molecule has 1 heterocycles. The van der Waals surface area contributed by atoms with Crippen molar-refractivity contribution in [3.63, 3.8) is 0 Å². The minimum absolute atomic E-state index is 0.239. The zero-order valence-electron chi connectivity index (χ0n) is 13.8. The predicted molar refractivity (Wildman–Crippen MR) is 91.1 cm³/mol. The van der Waals surface area contributed by atoms with Crippen molar-refractivity contribution < 1.29 is 17.9 Å². The molecule has 25 heavy (non-hydrogen) atoms. The summed E-state index contributed by atoms with van der Waals surface area (Å²) < 4.78 is 43.9. The number of anilines is 1. The van der Waals surface area contributed by atoms with Gasteiger partial charge in [0.25, 0.3) is 0 Å². The molecule has 0 unspecified atom stereocenters. The summed E-state index contributed by atoms with van der Waals surface area (Å²) in [6.07, 6.45) is -4.75. The van der Waals surface area contributed by atoms with E-state index in [2.05, 4.69) is 23.7 Å². The Morgan fingerprint density at radius 2 is 1.88 bits per heavy atom. The number of hydrogen-bond donors (Lipinski definition) is 1. The zero-order valence-corrected chi connectivity index (χ0v) is 13.8. The van der Waals surface area contributed by atoms with Gasteiger partial charge in [-0.15, -0.1) is 13.2 Å². The highest BCUT2D eigenvalue weighted by atomic mass is 19.4. The summed E-state index contributed by atoms with van der Waals surface area (Å²) in [7, 11) is 0. The molecule has 2 aromatic carbocycles. The summed E-state index contributed by atoms with van der Waals surface area (Å²) in [5.74, 6) is 0.520. The van der Waals surface area contributed by atoms with Gasteiger partial charge in [-0.1, -0.05) is 38.1 Å². The topological polar surface area (TPSA) is 53.1 Å². The molecular formula is C18H18F3N3O. The van der Waals surface area contributed by atoms with E-state index in [9.17, 15) is 13.2 Å². The lowest BCUT2D eigenvalue weighted by molar-refractivity contribution is -0.274. The standard InChI is InChI=1S/C18H18F3N3O/c1-11(2)10-24-15-9-12(7-8-14(15)17(22)23-24)13-5-3-4-6-16(13)25-18(19,20)21/h3-9,11H,10H2,1-2H3,(H2,22,23). The highest BCUT2D eigenvalue weighted by Crippen LogP contribution is 2.35. The van der Waals surface area contributed by atoms with Crippen LogP contribution in [0.15, 0.2) is 42.5 Å². The van der Waals surface area contributed by atoms with E-state index in [1.54, 1.807) is 35.0 Å². The number of hydrogen-bond acceptors (Lipinski definition) is 3. The fraction of sp³-hybridized carbons (Fsp3) is 0.278. The number of rotatable bonds is 4. The van der Waals surface area contributed by atoms with E-state index in [1.165, 1.54) is 12.1 Å². The first kappa shape index (κ1) is 17.1. The fourth-order valence-corrected chi connectivity index (χ4v) is 2.77. The molecule has 0 saturated carbocycles. The lowest BCUT2D eigenvalue weighted by Gasteiger charge is -2.13. The van der Waals surface area contributed by atoms with Crippen LogP contribution in [0.2, 0.25) is 0 Å². The number of nitrogens with two attached hydrogens (primary N) is 1. The van der Waals surface area contributed by atoms with E-state index in [1.807, 2.05) is 0 Å². The lowest BCUT2D eigenvalue weighted by Crippen LogP contribution is -2.17. The number of para-hydroxylation sites is 1. The monoisotopic (exact) mass is 349 g/mol. The van der Waals surface area contributed by atoms with Crippen molar-refractivity contribution in [2.75, 3.05) is 5.73 Å². The first-order chi connectivity index (χ1) is 11.7. The van der Waals surface area contributed by atoms with Crippen LogP contribution in [0, 0.1) is 5.92 Å². The Morgan fingerprint density at radius 1 is 1.16 bits per heavy atom. The molecule has 0 amide bonds. The van der Waals surface area contributed by atoms with Gasteiger partial charge >= 0.3 is 6.36 Å². The Bertz CT molecular complexity index is 900. The Hall–Kier alpha value is -2.70. The van der Waals surface area contributed by atoms with Crippen molar-refractivity contribution in [1.82, 2.24) is 9.78 Å². The van der Waals surface area contributed by atoms with E-state index >= 15 is 0 Å². The van der Waals surface area contributed by atoms with Gasteiger partial charge < -0.3 is 10.5 Å². The third kappa shape index (κ3) is 3.70. The second-order valence-corrected chi connectivity index (χ2v) is 6.24. The summed E-state index contributed by atoms with van der Waals surface area (Å²) in [5, 5.41) is 5.11. The summed E-state index contributed by atoms with van der Waals surface area (Å²) >= 11 is 0. The minimum atomic E-state index is -4.75. The summed E-state index contributed by atoms with van der Waals surface area (Å²) in [6.45, 7) is 4.78. The van der Waals surface area contributed by atoms with Crippen molar-refractivity contribution in [2.24, 2.45) is 5.92 Å². The Morgan fingerprint density at radius 3 is 2.56 bits per heavy atom. The number of fused-ring (bicyclic) bond motifs is 1. The van der Waals surface area contributed by atoms with Gasteiger partial charge in [-0.25, -0.2) is 0 Å². The van der Waals surface area contributed by atoms with Gasteiger partial charge in [0, 0.05) is 17.5 Å². The Balaban J connectivity index is 2.11. The van der Waals surface area contributed by atoms with Crippen LogP contribution in [-0.4, -0.2) is 16.1 Å². The zero-order chi connectivity index (χ0) is 18.2. The van der Waals surface area contributed by atoms with Crippen LogP contribution in [0.3, 0.4) is 0 Å². The van der Waals surface area contributed by atoms with E-state index in [0.717, 1.165) is 10.9 Å². The maximum Gasteiger partial charge on any atom is 0.573 e. The van der Waals surface area contributed by atoms with Crippen molar-refractivity contribution in [2.45, 2.75) is 26.8 Å². The van der Waals surface area contributed by atoms with Gasteiger partial charge in [0.1, 0.15) is 5.75 Å². The van der Waals surface area contributed by atoms with Crippen LogP contribution in [0.25, 0.3) is 22.0 Å². The first-order valence-corrected chi connectivity index (χ1v) is 7.86.